The molecule has 0 aromatic carbocycles. The Labute approximate surface area is 46.8 Å². The molecule has 40 valence electrons. The molecule has 0 rings (SSSR count). The predicted molar refractivity (Wildman–Crippen MR) is 15.4 cm³/mol. The summed E-state index contributed by atoms with van der Waals surface area (Å²) in [5, 5.41) is 14.8. The number of rotatable bonds is 0. The molecule has 0 aliphatic carbocycles. The molecule has 6 heteroatoms. The average molecular weight is 180 g/mol. The summed E-state index contributed by atoms with van der Waals surface area (Å²) in [6.07, 6.45) is 0. The van der Waals surface area contributed by atoms with E-state index in [1.165, 1.54) is 0 Å². The molecule has 0 spiro atoms. The smallest absolute Gasteiger partial charge is 0.0689 e. The summed E-state index contributed by atoms with van der Waals surface area (Å²) in [7, 11) is 0. The normalized spacial score (nSPS) is 4.00. The molecule has 3 N–H and O–H groups in total. The van der Waals surface area contributed by atoms with Gasteiger partial charge >= 0.3 is 0 Å². The number of hydrogen-bond donors (Lipinski definition) is 1. The zero-order chi connectivity index (χ0) is 3.58. The van der Waals surface area contributed by atoms with Gasteiger partial charge in [0.1, 0.15) is 0 Å². The Bertz CT molecular complexity index is 31.8. The van der Waals surface area contributed by atoms with Gasteiger partial charge in [-0.25, -0.2) is 0 Å². The summed E-state index contributed by atoms with van der Waals surface area (Å²) in [5.74, 6) is 0. The summed E-state index contributed by atoms with van der Waals surface area (Å²) in [4.78, 5) is 8.25. The standard InChI is InChI=1S/NO3.H3N.Ru/c2-1(3)4;;/h;1H3;/q-1;;. The molecule has 0 aromatic heterocycles. The molecule has 0 aliphatic rings. The molecular weight excluding hydrogens is 177 g/mol. The van der Waals surface area contributed by atoms with Crippen LogP contribution in [-0.2, 0) is 19.5 Å². The third kappa shape index (κ3) is 625. The van der Waals surface area contributed by atoms with Crippen LogP contribution in [0.15, 0.2) is 0 Å². The Balaban J connectivity index is -0.0000000450. The Kier molecular flexibility index (Phi) is 25.2. The van der Waals surface area contributed by atoms with E-state index in [2.05, 4.69) is 0 Å². The van der Waals surface area contributed by atoms with E-state index in [0.717, 1.165) is 0 Å². The van der Waals surface area contributed by atoms with E-state index in [1.807, 2.05) is 0 Å². The Morgan fingerprint density at radius 2 is 1.33 bits per heavy atom. The van der Waals surface area contributed by atoms with Crippen molar-refractivity contribution in [3.63, 3.8) is 0 Å². The minimum absolute atomic E-state index is 0. The summed E-state index contributed by atoms with van der Waals surface area (Å²) >= 11 is 0. The van der Waals surface area contributed by atoms with Crippen LogP contribution >= 0.6 is 0 Å². The molecule has 0 fully saturated rings. The van der Waals surface area contributed by atoms with Gasteiger partial charge in [-0.05, 0) is 0 Å². The summed E-state index contributed by atoms with van der Waals surface area (Å²) in [6, 6.07) is 0. The van der Waals surface area contributed by atoms with Gasteiger partial charge in [-0.2, -0.15) is 0 Å². The maximum Gasteiger partial charge on any atom is 0.0689 e. The monoisotopic (exact) mass is 181 g/mol. The van der Waals surface area contributed by atoms with E-state index < -0.39 is 5.09 Å². The molecule has 0 saturated carbocycles. The van der Waals surface area contributed by atoms with E-state index in [0.29, 0.717) is 0 Å². The van der Waals surface area contributed by atoms with Gasteiger partial charge < -0.3 is 21.5 Å². The van der Waals surface area contributed by atoms with Crippen molar-refractivity contribution in [2.45, 2.75) is 0 Å². The van der Waals surface area contributed by atoms with Crippen molar-refractivity contribution < 1.29 is 24.6 Å². The van der Waals surface area contributed by atoms with Crippen molar-refractivity contribution in [1.29, 1.82) is 0 Å². The largest absolute Gasteiger partial charge is 0.356 e. The second-order valence-corrected chi connectivity index (χ2v) is 0.224. The van der Waals surface area contributed by atoms with Gasteiger partial charge in [0, 0.05) is 19.5 Å². The first kappa shape index (κ1) is 17.1. The summed E-state index contributed by atoms with van der Waals surface area (Å²) < 4.78 is 0. The van der Waals surface area contributed by atoms with Crippen molar-refractivity contribution in [3.8, 4) is 0 Å². The first-order valence-electron chi connectivity index (χ1n) is 0.548. The van der Waals surface area contributed by atoms with Crippen LogP contribution < -0.4 is 6.15 Å². The Morgan fingerprint density at radius 1 is 1.33 bits per heavy atom. The molecular formula is H3N2O3Ru-. The molecule has 0 unspecified atom stereocenters. The molecule has 0 amide bonds. The average Bonchev–Trinajstić information content (AvgIpc) is 0.811. The van der Waals surface area contributed by atoms with E-state index in [-0.39, 0.29) is 25.6 Å². The van der Waals surface area contributed by atoms with Crippen molar-refractivity contribution >= 4 is 0 Å². The quantitative estimate of drug-likeness (QED) is 0.320. The summed E-state index contributed by atoms with van der Waals surface area (Å²) in [5.41, 5.74) is 0. The first-order valence-corrected chi connectivity index (χ1v) is 0.548. The zero-order valence-electron chi connectivity index (χ0n) is 2.73. The second kappa shape index (κ2) is 8.84. The van der Waals surface area contributed by atoms with Crippen molar-refractivity contribution in [1.82, 2.24) is 6.15 Å². The van der Waals surface area contributed by atoms with Crippen LogP contribution in [0.2, 0.25) is 0 Å². The van der Waals surface area contributed by atoms with Crippen molar-refractivity contribution in [3.05, 3.63) is 15.3 Å². The predicted octanol–water partition coefficient (Wildman–Crippen LogP) is -0.0796. The molecule has 5 nitrogen and oxygen atoms in total. The third-order valence-electron chi connectivity index (χ3n) is 0. The van der Waals surface area contributed by atoms with Crippen LogP contribution in [0.25, 0.3) is 0 Å². The van der Waals surface area contributed by atoms with Crippen LogP contribution in [0, 0.1) is 15.3 Å². The van der Waals surface area contributed by atoms with E-state index >= 15 is 0 Å². The van der Waals surface area contributed by atoms with Crippen LogP contribution in [-0.4, -0.2) is 5.09 Å². The van der Waals surface area contributed by atoms with Crippen LogP contribution in [0.3, 0.4) is 0 Å². The van der Waals surface area contributed by atoms with E-state index in [1.54, 1.807) is 0 Å². The molecule has 0 radical (unpaired) electrons. The van der Waals surface area contributed by atoms with E-state index in [9.17, 15) is 0 Å². The minimum Gasteiger partial charge on any atom is -0.356 e. The maximum absolute atomic E-state index is 8.25. The third-order valence-corrected chi connectivity index (χ3v) is 0. The fraction of sp³-hybridized carbons (Fsp3) is 0. The minimum atomic E-state index is -1.75. The van der Waals surface area contributed by atoms with Crippen molar-refractivity contribution in [2.75, 3.05) is 0 Å². The van der Waals surface area contributed by atoms with Crippen LogP contribution in [0.4, 0.5) is 0 Å². The fourth-order valence-corrected chi connectivity index (χ4v) is 0. The van der Waals surface area contributed by atoms with Gasteiger partial charge in [0.05, 0.1) is 5.09 Å². The molecule has 0 aromatic rings. The number of hydrogen-bond acceptors (Lipinski definition) is 4. The number of nitrogens with zero attached hydrogens (tertiary/aromatic N) is 1. The molecule has 0 aliphatic heterocycles. The first-order chi connectivity index (χ1) is 1.73. The molecule has 6 heavy (non-hydrogen) atoms. The molecule has 0 bridgehead atoms. The van der Waals surface area contributed by atoms with Gasteiger partial charge in [0.2, 0.25) is 0 Å². The SMILES string of the molecule is N.O=[N+]([O-])[O-].[Ru]. The zero-order valence-corrected chi connectivity index (χ0v) is 4.47. The van der Waals surface area contributed by atoms with E-state index in [4.69, 9.17) is 15.3 Å². The van der Waals surface area contributed by atoms with Gasteiger partial charge in [0.15, 0.2) is 0 Å². The molecule has 0 heterocycles. The van der Waals surface area contributed by atoms with Gasteiger partial charge in [-0.15, -0.1) is 0 Å². The Morgan fingerprint density at radius 3 is 1.33 bits per heavy atom. The van der Waals surface area contributed by atoms with Gasteiger partial charge in [0.25, 0.3) is 0 Å². The maximum atomic E-state index is 8.25. The van der Waals surface area contributed by atoms with Crippen LogP contribution in [0.5, 0.6) is 0 Å². The second-order valence-electron chi connectivity index (χ2n) is 0.224. The van der Waals surface area contributed by atoms with Crippen LogP contribution in [0.1, 0.15) is 0 Å². The van der Waals surface area contributed by atoms with Gasteiger partial charge in [-0.3, -0.25) is 0 Å². The summed E-state index contributed by atoms with van der Waals surface area (Å²) in [6.45, 7) is 0. The van der Waals surface area contributed by atoms with Crippen molar-refractivity contribution in [2.24, 2.45) is 0 Å². The van der Waals surface area contributed by atoms with Gasteiger partial charge in [-0.1, -0.05) is 0 Å². The topological polar surface area (TPSA) is 101 Å². The molecule has 0 saturated heterocycles. The fourth-order valence-electron chi connectivity index (χ4n) is 0. The molecule has 0 atom stereocenters. The Hall–Kier alpha value is -0.217.